The summed E-state index contributed by atoms with van der Waals surface area (Å²) in [6, 6.07) is 16.3. The Morgan fingerprint density at radius 3 is 2.70 bits per heavy atom. The topological polar surface area (TPSA) is 55.0 Å². The number of hydrogen-bond acceptors (Lipinski definition) is 4. The van der Waals surface area contributed by atoms with Crippen LogP contribution < -0.4 is 4.74 Å². The number of aromatic amines is 1. The first-order chi connectivity index (χ1) is 11.1. The zero-order valence-corrected chi connectivity index (χ0v) is 14.6. The van der Waals surface area contributed by atoms with E-state index in [1.54, 1.807) is 0 Å². The van der Waals surface area contributed by atoms with Gasteiger partial charge in [0, 0.05) is 16.3 Å². The summed E-state index contributed by atoms with van der Waals surface area (Å²) in [6.07, 6.45) is 1.51. The van der Waals surface area contributed by atoms with Crippen LogP contribution in [0.15, 0.2) is 69.3 Å². The molecule has 1 aromatic heterocycles. The molecule has 0 unspecified atom stereocenters. The molecule has 0 radical (unpaired) electrons. The highest BCUT2D eigenvalue weighted by molar-refractivity contribution is 9.10. The SMILES string of the molecule is CC(=O)Oc1[nH]cnc1Sc1cccc(-c2ccc(Br)cc2)c1. The third kappa shape index (κ3) is 4.03. The second-order valence-electron chi connectivity index (χ2n) is 4.77. The Bertz CT molecular complexity index is 831. The van der Waals surface area contributed by atoms with Crippen molar-refractivity contribution in [3.8, 4) is 17.0 Å². The molecule has 2 aromatic carbocycles. The molecule has 0 amide bonds. The number of carbonyl (C=O) groups excluding carboxylic acids is 1. The molecule has 3 aromatic rings. The molecule has 1 N–H and O–H groups in total. The van der Waals surface area contributed by atoms with Crippen LogP contribution in [0.25, 0.3) is 11.1 Å². The van der Waals surface area contributed by atoms with E-state index < -0.39 is 0 Å². The molecule has 4 nitrogen and oxygen atoms in total. The smallest absolute Gasteiger partial charge is 0.309 e. The second kappa shape index (κ2) is 7.02. The monoisotopic (exact) mass is 388 g/mol. The fraction of sp³-hybridized carbons (Fsp3) is 0.0588. The molecule has 116 valence electrons. The fourth-order valence-corrected chi connectivity index (χ4v) is 3.17. The van der Waals surface area contributed by atoms with Gasteiger partial charge in [-0.2, -0.15) is 0 Å². The lowest BCUT2D eigenvalue weighted by atomic mass is 10.1. The molecule has 0 aliphatic heterocycles. The molecule has 1 heterocycles. The molecule has 3 rings (SSSR count). The molecule has 23 heavy (non-hydrogen) atoms. The quantitative estimate of drug-likeness (QED) is 0.644. The van der Waals surface area contributed by atoms with Crippen LogP contribution in [0.5, 0.6) is 5.88 Å². The largest absolute Gasteiger partial charge is 0.407 e. The molecule has 0 saturated carbocycles. The summed E-state index contributed by atoms with van der Waals surface area (Å²) in [5, 5.41) is 0.633. The van der Waals surface area contributed by atoms with Crippen molar-refractivity contribution in [1.29, 1.82) is 0 Å². The first-order valence-corrected chi connectivity index (χ1v) is 8.48. The van der Waals surface area contributed by atoms with E-state index in [-0.39, 0.29) is 5.97 Å². The van der Waals surface area contributed by atoms with Gasteiger partial charge in [0.2, 0.25) is 5.88 Å². The summed E-state index contributed by atoms with van der Waals surface area (Å²) in [7, 11) is 0. The van der Waals surface area contributed by atoms with E-state index in [0.717, 1.165) is 20.5 Å². The number of imidazole rings is 1. The molecular formula is C17H13BrN2O2S. The molecule has 0 fully saturated rings. The van der Waals surface area contributed by atoms with Gasteiger partial charge in [-0.3, -0.25) is 4.79 Å². The Morgan fingerprint density at radius 2 is 1.96 bits per heavy atom. The number of carbonyl (C=O) groups is 1. The van der Waals surface area contributed by atoms with Gasteiger partial charge in [-0.15, -0.1) is 0 Å². The zero-order valence-electron chi connectivity index (χ0n) is 12.2. The van der Waals surface area contributed by atoms with Crippen molar-refractivity contribution >= 4 is 33.7 Å². The van der Waals surface area contributed by atoms with Crippen molar-refractivity contribution in [1.82, 2.24) is 9.97 Å². The Hall–Kier alpha value is -2.05. The predicted octanol–water partition coefficient (Wildman–Crippen LogP) is 4.92. The number of hydrogen-bond donors (Lipinski definition) is 1. The number of nitrogens with zero attached hydrogens (tertiary/aromatic N) is 1. The van der Waals surface area contributed by atoms with E-state index in [0.29, 0.717) is 10.9 Å². The number of ether oxygens (including phenoxy) is 1. The van der Waals surface area contributed by atoms with E-state index in [1.165, 1.54) is 25.0 Å². The number of H-pyrrole nitrogens is 1. The molecule has 0 atom stereocenters. The molecule has 0 aliphatic carbocycles. The van der Waals surface area contributed by atoms with E-state index in [9.17, 15) is 4.79 Å². The second-order valence-corrected chi connectivity index (χ2v) is 6.75. The number of benzene rings is 2. The molecule has 0 spiro atoms. The Kier molecular flexibility index (Phi) is 4.83. The molecular weight excluding hydrogens is 376 g/mol. The van der Waals surface area contributed by atoms with Crippen molar-refractivity contribution in [2.24, 2.45) is 0 Å². The van der Waals surface area contributed by atoms with Crippen molar-refractivity contribution in [3.63, 3.8) is 0 Å². The maximum Gasteiger partial charge on any atom is 0.309 e. The van der Waals surface area contributed by atoms with Crippen molar-refractivity contribution in [2.45, 2.75) is 16.8 Å². The predicted molar refractivity (Wildman–Crippen MR) is 93.6 cm³/mol. The van der Waals surface area contributed by atoms with Crippen LogP contribution in [-0.2, 0) is 4.79 Å². The van der Waals surface area contributed by atoms with Crippen LogP contribution in [0.3, 0.4) is 0 Å². The van der Waals surface area contributed by atoms with Crippen molar-refractivity contribution in [2.75, 3.05) is 0 Å². The maximum absolute atomic E-state index is 11.1. The van der Waals surface area contributed by atoms with E-state index in [4.69, 9.17) is 4.74 Å². The van der Waals surface area contributed by atoms with Gasteiger partial charge < -0.3 is 9.72 Å². The Balaban J connectivity index is 1.84. The standard InChI is InChI=1S/C17H13BrN2O2S/c1-11(21)22-16-17(20-10-19-16)23-15-4-2-3-13(9-15)12-5-7-14(18)8-6-12/h2-10H,1H3,(H,19,20). The van der Waals surface area contributed by atoms with Crippen LogP contribution in [0.4, 0.5) is 0 Å². The van der Waals surface area contributed by atoms with Gasteiger partial charge >= 0.3 is 5.97 Å². The average Bonchev–Trinajstić information content (AvgIpc) is 2.94. The maximum atomic E-state index is 11.1. The number of nitrogens with one attached hydrogen (secondary N) is 1. The van der Waals surface area contributed by atoms with Crippen molar-refractivity contribution in [3.05, 3.63) is 59.3 Å². The Morgan fingerprint density at radius 1 is 1.17 bits per heavy atom. The van der Waals surface area contributed by atoms with Gasteiger partial charge in [0.05, 0.1) is 6.33 Å². The minimum Gasteiger partial charge on any atom is -0.407 e. The number of rotatable bonds is 4. The summed E-state index contributed by atoms with van der Waals surface area (Å²) in [5.74, 6) is -0.00346. The molecule has 0 saturated heterocycles. The van der Waals surface area contributed by atoms with Crippen LogP contribution in [0.2, 0.25) is 0 Å². The van der Waals surface area contributed by atoms with Crippen molar-refractivity contribution < 1.29 is 9.53 Å². The third-order valence-corrected chi connectivity index (χ3v) is 4.55. The normalized spacial score (nSPS) is 10.5. The van der Waals surface area contributed by atoms with Gasteiger partial charge in [-0.25, -0.2) is 4.98 Å². The first kappa shape index (κ1) is 15.8. The van der Waals surface area contributed by atoms with E-state index in [1.807, 2.05) is 24.3 Å². The van der Waals surface area contributed by atoms with Crippen LogP contribution in [-0.4, -0.2) is 15.9 Å². The fourth-order valence-electron chi connectivity index (χ4n) is 2.05. The average molecular weight is 389 g/mol. The summed E-state index contributed by atoms with van der Waals surface area (Å²) >= 11 is 4.89. The Labute approximate surface area is 146 Å². The highest BCUT2D eigenvalue weighted by Gasteiger charge is 2.11. The van der Waals surface area contributed by atoms with Gasteiger partial charge in [-0.05, 0) is 35.4 Å². The zero-order chi connectivity index (χ0) is 16.2. The summed E-state index contributed by atoms with van der Waals surface area (Å²) in [4.78, 5) is 19.2. The summed E-state index contributed by atoms with van der Waals surface area (Å²) < 4.78 is 6.15. The number of aromatic nitrogens is 2. The lowest BCUT2D eigenvalue weighted by molar-refractivity contribution is -0.132. The van der Waals surface area contributed by atoms with Gasteiger partial charge in [0.15, 0.2) is 5.03 Å². The highest BCUT2D eigenvalue weighted by Crippen LogP contribution is 2.34. The number of esters is 1. The van der Waals surface area contributed by atoms with E-state index in [2.05, 4.69) is 50.2 Å². The van der Waals surface area contributed by atoms with Crippen LogP contribution in [0.1, 0.15) is 6.92 Å². The van der Waals surface area contributed by atoms with Crippen LogP contribution >= 0.6 is 27.7 Å². The lowest BCUT2D eigenvalue weighted by Gasteiger charge is -2.06. The molecule has 0 bridgehead atoms. The van der Waals surface area contributed by atoms with E-state index >= 15 is 0 Å². The van der Waals surface area contributed by atoms with Gasteiger partial charge in [0.1, 0.15) is 0 Å². The van der Waals surface area contributed by atoms with Gasteiger partial charge in [-0.1, -0.05) is 52.0 Å². The minimum atomic E-state index is -0.375. The molecule has 6 heteroatoms. The minimum absolute atomic E-state index is 0.372. The summed E-state index contributed by atoms with van der Waals surface area (Å²) in [6.45, 7) is 1.36. The van der Waals surface area contributed by atoms with Crippen LogP contribution in [0, 0.1) is 0 Å². The molecule has 0 aliphatic rings. The van der Waals surface area contributed by atoms with Gasteiger partial charge in [0.25, 0.3) is 0 Å². The first-order valence-electron chi connectivity index (χ1n) is 6.87. The summed E-state index contributed by atoms with van der Waals surface area (Å²) in [5.41, 5.74) is 2.25. The number of halogens is 1. The highest BCUT2D eigenvalue weighted by atomic mass is 79.9. The third-order valence-electron chi connectivity index (χ3n) is 3.04. The lowest BCUT2D eigenvalue weighted by Crippen LogP contribution is -2.02.